The van der Waals surface area contributed by atoms with Crippen molar-refractivity contribution < 1.29 is 14.4 Å². The molecule has 0 bridgehead atoms. The molecule has 1 heterocycles. The average Bonchev–Trinajstić information content (AvgIpc) is 3.28. The molecule has 176 valence electrons. The number of hydrogen-bond acceptors (Lipinski definition) is 3. The van der Waals surface area contributed by atoms with Crippen LogP contribution in [-0.4, -0.2) is 41.2 Å². The molecule has 0 unspecified atom stereocenters. The molecule has 0 saturated carbocycles. The van der Waals surface area contributed by atoms with Crippen LogP contribution in [0.4, 0.5) is 0 Å². The zero-order valence-corrected chi connectivity index (χ0v) is 20.3. The Balaban J connectivity index is 1.69. The largest absolute Gasteiger partial charge is 0.350 e. The first-order valence-corrected chi connectivity index (χ1v) is 11.9. The number of carbonyl (C=O) groups is 3. The molecule has 0 aromatic heterocycles. The second-order valence-electron chi connectivity index (χ2n) is 8.68. The zero-order chi connectivity index (χ0) is 24.0. The predicted molar refractivity (Wildman–Crippen MR) is 130 cm³/mol. The highest BCUT2D eigenvalue weighted by Gasteiger charge is 2.37. The molecule has 1 aliphatic heterocycles. The van der Waals surface area contributed by atoms with Crippen LogP contribution in [0.1, 0.15) is 49.0 Å². The van der Waals surface area contributed by atoms with Gasteiger partial charge in [0.05, 0.1) is 10.0 Å². The van der Waals surface area contributed by atoms with E-state index in [1.807, 2.05) is 44.2 Å². The van der Waals surface area contributed by atoms with Crippen molar-refractivity contribution in [1.82, 2.24) is 15.5 Å². The van der Waals surface area contributed by atoms with Gasteiger partial charge in [-0.05, 0) is 48.9 Å². The van der Waals surface area contributed by atoms with Crippen LogP contribution in [0, 0.1) is 5.92 Å². The summed E-state index contributed by atoms with van der Waals surface area (Å²) in [5, 5.41) is 6.40. The van der Waals surface area contributed by atoms with Gasteiger partial charge in [-0.1, -0.05) is 67.4 Å². The minimum absolute atomic E-state index is 0.168. The lowest BCUT2D eigenvalue weighted by Gasteiger charge is -2.29. The second-order valence-corrected chi connectivity index (χ2v) is 9.49. The minimum Gasteiger partial charge on any atom is -0.350 e. The molecule has 33 heavy (non-hydrogen) atoms. The van der Waals surface area contributed by atoms with Crippen LogP contribution in [0.15, 0.2) is 48.5 Å². The summed E-state index contributed by atoms with van der Waals surface area (Å²) in [4.78, 5) is 40.7. The number of nitrogens with zero attached hydrogens (tertiary/aromatic N) is 1. The van der Waals surface area contributed by atoms with Crippen molar-refractivity contribution in [2.24, 2.45) is 5.92 Å². The van der Waals surface area contributed by atoms with Crippen LogP contribution < -0.4 is 10.6 Å². The number of rotatable bonds is 8. The smallest absolute Gasteiger partial charge is 0.251 e. The molecule has 8 heteroatoms. The van der Waals surface area contributed by atoms with E-state index < -0.39 is 18.0 Å². The van der Waals surface area contributed by atoms with Crippen LogP contribution >= 0.6 is 23.2 Å². The van der Waals surface area contributed by atoms with Crippen molar-refractivity contribution in [3.63, 3.8) is 0 Å². The topological polar surface area (TPSA) is 78.5 Å². The fourth-order valence-electron chi connectivity index (χ4n) is 3.98. The van der Waals surface area contributed by atoms with Gasteiger partial charge in [-0.2, -0.15) is 0 Å². The maximum Gasteiger partial charge on any atom is 0.251 e. The van der Waals surface area contributed by atoms with E-state index >= 15 is 0 Å². The SMILES string of the molecule is CC(C)C[C@H](NC(=O)c1ccc(Cl)c(Cl)c1)C(=O)N1CCC[C@H]1C(=O)NCc1ccccc1. The maximum absolute atomic E-state index is 13.4. The summed E-state index contributed by atoms with van der Waals surface area (Å²) in [6.45, 7) is 4.86. The first-order chi connectivity index (χ1) is 15.8. The molecule has 3 rings (SSSR count). The van der Waals surface area contributed by atoms with Gasteiger partial charge in [-0.15, -0.1) is 0 Å². The number of halogens is 2. The zero-order valence-electron chi connectivity index (χ0n) is 18.8. The number of amides is 3. The average molecular weight is 490 g/mol. The number of likely N-dealkylation sites (tertiary alicyclic amines) is 1. The molecule has 3 amide bonds. The van der Waals surface area contributed by atoms with Crippen LogP contribution in [0.25, 0.3) is 0 Å². The molecule has 1 aliphatic rings. The molecule has 2 N–H and O–H groups in total. The fraction of sp³-hybridized carbons (Fsp3) is 0.400. The van der Waals surface area contributed by atoms with Crippen LogP contribution in [0.2, 0.25) is 10.0 Å². The Hall–Kier alpha value is -2.57. The highest BCUT2D eigenvalue weighted by atomic mass is 35.5. The van der Waals surface area contributed by atoms with Gasteiger partial charge in [-0.3, -0.25) is 14.4 Å². The lowest BCUT2D eigenvalue weighted by Crippen LogP contribution is -2.53. The van der Waals surface area contributed by atoms with Crippen molar-refractivity contribution in [2.75, 3.05) is 6.54 Å². The number of benzene rings is 2. The summed E-state index contributed by atoms with van der Waals surface area (Å²) in [6, 6.07) is 12.9. The molecule has 0 aliphatic carbocycles. The molecule has 2 aromatic carbocycles. The third-order valence-electron chi connectivity index (χ3n) is 5.64. The number of carbonyl (C=O) groups excluding carboxylic acids is 3. The molecule has 2 atom stereocenters. The van der Waals surface area contributed by atoms with E-state index in [4.69, 9.17) is 23.2 Å². The molecule has 2 aromatic rings. The van der Waals surface area contributed by atoms with Gasteiger partial charge in [-0.25, -0.2) is 0 Å². The van der Waals surface area contributed by atoms with E-state index in [1.165, 1.54) is 6.07 Å². The van der Waals surface area contributed by atoms with Crippen molar-refractivity contribution in [1.29, 1.82) is 0 Å². The number of hydrogen-bond donors (Lipinski definition) is 2. The third kappa shape index (κ3) is 6.71. The van der Waals surface area contributed by atoms with Gasteiger partial charge in [0.15, 0.2) is 0 Å². The van der Waals surface area contributed by atoms with Gasteiger partial charge >= 0.3 is 0 Å². The summed E-state index contributed by atoms with van der Waals surface area (Å²) in [5.74, 6) is -0.656. The summed E-state index contributed by atoms with van der Waals surface area (Å²) in [7, 11) is 0. The Morgan fingerprint density at radius 1 is 1.06 bits per heavy atom. The van der Waals surface area contributed by atoms with Gasteiger partial charge in [0, 0.05) is 18.7 Å². The van der Waals surface area contributed by atoms with Crippen LogP contribution in [-0.2, 0) is 16.1 Å². The monoisotopic (exact) mass is 489 g/mol. The standard InChI is InChI=1S/C25H29Cl2N3O3/c1-16(2)13-21(29-23(31)18-10-11-19(26)20(27)14-18)25(33)30-12-6-9-22(30)24(32)28-15-17-7-4-3-5-8-17/h3-5,7-8,10-11,14,16,21-22H,6,9,12-13,15H2,1-2H3,(H,28,32)(H,29,31)/t21-,22-/m0/s1. The highest BCUT2D eigenvalue weighted by molar-refractivity contribution is 6.42. The summed E-state index contributed by atoms with van der Waals surface area (Å²) in [5.41, 5.74) is 1.32. The Bertz CT molecular complexity index is 998. The van der Waals surface area contributed by atoms with E-state index in [-0.39, 0.29) is 22.8 Å². The van der Waals surface area contributed by atoms with E-state index in [0.717, 1.165) is 12.0 Å². The van der Waals surface area contributed by atoms with Gasteiger partial charge in [0.1, 0.15) is 12.1 Å². The van der Waals surface area contributed by atoms with Gasteiger partial charge in [0.25, 0.3) is 5.91 Å². The highest BCUT2D eigenvalue weighted by Crippen LogP contribution is 2.24. The minimum atomic E-state index is -0.741. The molecule has 1 saturated heterocycles. The lowest BCUT2D eigenvalue weighted by atomic mass is 10.0. The quantitative estimate of drug-likeness (QED) is 0.574. The fourth-order valence-corrected chi connectivity index (χ4v) is 4.28. The van der Waals surface area contributed by atoms with Gasteiger partial charge in [0.2, 0.25) is 11.8 Å². The number of nitrogens with one attached hydrogen (secondary N) is 2. The molecule has 1 fully saturated rings. The third-order valence-corrected chi connectivity index (χ3v) is 6.38. The van der Waals surface area contributed by atoms with Crippen molar-refractivity contribution >= 4 is 40.9 Å². The summed E-state index contributed by atoms with van der Waals surface area (Å²) >= 11 is 12.0. The predicted octanol–water partition coefficient (Wildman–Crippen LogP) is 4.45. The Labute approximate surface area is 204 Å². The first kappa shape index (κ1) is 25.1. The van der Waals surface area contributed by atoms with Crippen molar-refractivity contribution in [3.8, 4) is 0 Å². The van der Waals surface area contributed by atoms with E-state index in [0.29, 0.717) is 36.5 Å². The van der Waals surface area contributed by atoms with Crippen molar-refractivity contribution in [2.45, 2.75) is 51.7 Å². The second kappa shape index (κ2) is 11.5. The normalized spacial score (nSPS) is 16.5. The molecule has 0 spiro atoms. The van der Waals surface area contributed by atoms with E-state index in [1.54, 1.807) is 17.0 Å². The lowest BCUT2D eigenvalue weighted by molar-refractivity contribution is -0.140. The van der Waals surface area contributed by atoms with Crippen LogP contribution in [0.5, 0.6) is 0 Å². The first-order valence-electron chi connectivity index (χ1n) is 11.1. The van der Waals surface area contributed by atoms with Crippen molar-refractivity contribution in [3.05, 3.63) is 69.7 Å². The molecule has 6 nitrogen and oxygen atoms in total. The summed E-state index contributed by atoms with van der Waals surface area (Å²) < 4.78 is 0. The van der Waals surface area contributed by atoms with Gasteiger partial charge < -0.3 is 15.5 Å². The Morgan fingerprint density at radius 3 is 2.45 bits per heavy atom. The Morgan fingerprint density at radius 2 is 1.79 bits per heavy atom. The maximum atomic E-state index is 13.4. The molecular weight excluding hydrogens is 461 g/mol. The van der Waals surface area contributed by atoms with E-state index in [9.17, 15) is 14.4 Å². The summed E-state index contributed by atoms with van der Waals surface area (Å²) in [6.07, 6.45) is 1.80. The van der Waals surface area contributed by atoms with E-state index in [2.05, 4.69) is 10.6 Å². The Kier molecular flexibility index (Phi) is 8.75. The molecular formula is C25H29Cl2N3O3. The van der Waals surface area contributed by atoms with Crippen LogP contribution in [0.3, 0.4) is 0 Å². The molecule has 0 radical (unpaired) electrons.